The summed E-state index contributed by atoms with van der Waals surface area (Å²) in [6, 6.07) is 17.5. The molecule has 37 heavy (non-hydrogen) atoms. The Bertz CT molecular complexity index is 1370. The monoisotopic (exact) mass is 521 g/mol. The number of carbonyl (C=O) groups excluding carboxylic acids is 2. The second-order valence-electron chi connectivity index (χ2n) is 7.96. The Hall–Kier alpha value is -4.18. The lowest BCUT2D eigenvalue weighted by molar-refractivity contribution is -0.139. The van der Waals surface area contributed by atoms with Crippen molar-refractivity contribution >= 4 is 29.5 Å². The van der Waals surface area contributed by atoms with Gasteiger partial charge < -0.3 is 14.0 Å². The zero-order valence-electron chi connectivity index (χ0n) is 20.2. The van der Waals surface area contributed by atoms with Crippen molar-refractivity contribution in [1.29, 1.82) is 0 Å². The molecule has 0 spiro atoms. The summed E-state index contributed by atoms with van der Waals surface area (Å²) < 4.78 is 29.1. The van der Waals surface area contributed by atoms with E-state index in [9.17, 15) is 14.0 Å². The van der Waals surface area contributed by atoms with Crippen LogP contribution in [0.1, 0.15) is 16.8 Å². The number of amides is 1. The van der Waals surface area contributed by atoms with Gasteiger partial charge in [0.1, 0.15) is 22.2 Å². The van der Waals surface area contributed by atoms with Crippen LogP contribution in [0.5, 0.6) is 0 Å². The maximum atomic E-state index is 13.7. The third-order valence-corrected chi connectivity index (χ3v) is 6.32. The van der Waals surface area contributed by atoms with Gasteiger partial charge in [-0.15, -0.1) is 0 Å². The molecular formula is C27H24FN3O5S. The number of aromatic nitrogens is 2. The summed E-state index contributed by atoms with van der Waals surface area (Å²) >= 11 is 1.46. The molecule has 10 heteroatoms. The lowest BCUT2D eigenvalue weighted by Gasteiger charge is -2.08. The Balaban J connectivity index is 1.36. The molecule has 2 aromatic heterocycles. The molecule has 0 aliphatic heterocycles. The van der Waals surface area contributed by atoms with E-state index in [1.54, 1.807) is 31.3 Å². The van der Waals surface area contributed by atoms with Crippen molar-refractivity contribution in [3.05, 3.63) is 89.5 Å². The number of rotatable bonds is 9. The quantitative estimate of drug-likeness (QED) is 0.274. The van der Waals surface area contributed by atoms with Crippen LogP contribution in [0.3, 0.4) is 0 Å². The van der Waals surface area contributed by atoms with E-state index >= 15 is 0 Å². The lowest BCUT2D eigenvalue weighted by Crippen LogP contribution is -2.16. The van der Waals surface area contributed by atoms with E-state index in [2.05, 4.69) is 20.2 Å². The van der Waals surface area contributed by atoms with Crippen LogP contribution in [0.15, 0.2) is 81.3 Å². The third-order valence-electron chi connectivity index (χ3n) is 5.36. The van der Waals surface area contributed by atoms with Gasteiger partial charge >= 0.3 is 12.1 Å². The van der Waals surface area contributed by atoms with E-state index in [1.165, 1.54) is 24.9 Å². The Labute approximate surface area is 217 Å². The van der Waals surface area contributed by atoms with Gasteiger partial charge in [-0.25, -0.2) is 14.2 Å². The fraction of sp³-hybridized carbons (Fsp3) is 0.185. The molecule has 0 saturated carbocycles. The zero-order valence-corrected chi connectivity index (χ0v) is 21.0. The van der Waals surface area contributed by atoms with Gasteiger partial charge in [-0.2, -0.15) is 0 Å². The number of nitrogens with zero attached hydrogens (tertiary/aromatic N) is 2. The number of hydrogen-bond acceptors (Lipinski definition) is 8. The van der Waals surface area contributed by atoms with Crippen molar-refractivity contribution in [3.63, 3.8) is 0 Å². The van der Waals surface area contributed by atoms with Crippen molar-refractivity contribution in [2.45, 2.75) is 29.7 Å². The number of anilines is 1. The van der Waals surface area contributed by atoms with Crippen LogP contribution < -0.4 is 5.32 Å². The molecule has 0 unspecified atom stereocenters. The fourth-order valence-electron chi connectivity index (χ4n) is 3.42. The van der Waals surface area contributed by atoms with E-state index in [0.717, 1.165) is 15.5 Å². The molecule has 190 valence electrons. The highest BCUT2D eigenvalue weighted by molar-refractivity contribution is 7.99. The summed E-state index contributed by atoms with van der Waals surface area (Å²) in [6.45, 7) is 1.73. The Morgan fingerprint density at radius 2 is 1.86 bits per heavy atom. The summed E-state index contributed by atoms with van der Waals surface area (Å²) in [4.78, 5) is 29.1. The first-order chi connectivity index (χ1) is 17.9. The standard InChI is InChI=1S/C27H24FN3O5S/c1-17-25(30-27(33)35-14-13-19-5-3-4-6-22(19)28)26(36-31-17)20-8-10-21(11-9-20)37-23-12-7-18(16-29-23)15-24(32)34-2/h3-12,16H,13-15H2,1-2H3,(H,30,33). The summed E-state index contributed by atoms with van der Waals surface area (Å²) in [6.07, 6.45) is 1.41. The van der Waals surface area contributed by atoms with Gasteiger partial charge in [-0.3, -0.25) is 10.1 Å². The molecule has 0 aliphatic rings. The molecule has 0 aliphatic carbocycles. The number of halogens is 1. The molecular weight excluding hydrogens is 497 g/mol. The normalized spacial score (nSPS) is 10.7. The lowest BCUT2D eigenvalue weighted by atomic mass is 10.1. The molecule has 0 atom stereocenters. The maximum absolute atomic E-state index is 13.7. The van der Waals surface area contributed by atoms with Crippen molar-refractivity contribution < 1.29 is 28.0 Å². The van der Waals surface area contributed by atoms with Gasteiger partial charge in [0.2, 0.25) is 0 Å². The molecule has 4 rings (SSSR count). The number of carbonyl (C=O) groups is 2. The first-order valence-electron chi connectivity index (χ1n) is 11.4. The number of hydrogen-bond donors (Lipinski definition) is 1. The van der Waals surface area contributed by atoms with Gasteiger partial charge in [0.25, 0.3) is 0 Å². The number of methoxy groups -OCH3 is 1. The minimum absolute atomic E-state index is 0.0239. The number of nitrogens with one attached hydrogen (secondary N) is 1. The van der Waals surface area contributed by atoms with Crippen LogP contribution in [0, 0.1) is 12.7 Å². The minimum atomic E-state index is -0.683. The highest BCUT2D eigenvalue weighted by atomic mass is 32.2. The Morgan fingerprint density at radius 3 is 2.57 bits per heavy atom. The average Bonchev–Trinajstić information content (AvgIpc) is 3.26. The van der Waals surface area contributed by atoms with Crippen LogP contribution in [-0.2, 0) is 27.1 Å². The Morgan fingerprint density at radius 1 is 1.08 bits per heavy atom. The second kappa shape index (κ2) is 12.2. The first-order valence-corrected chi connectivity index (χ1v) is 12.2. The number of pyridine rings is 1. The molecule has 0 radical (unpaired) electrons. The van der Waals surface area contributed by atoms with E-state index in [-0.39, 0.29) is 31.2 Å². The fourth-order valence-corrected chi connectivity index (χ4v) is 4.17. The van der Waals surface area contributed by atoms with Crippen molar-refractivity contribution in [3.8, 4) is 11.3 Å². The molecule has 4 aromatic rings. The van der Waals surface area contributed by atoms with Crippen molar-refractivity contribution in [1.82, 2.24) is 10.1 Å². The molecule has 2 aromatic carbocycles. The van der Waals surface area contributed by atoms with E-state index < -0.39 is 6.09 Å². The number of esters is 1. The van der Waals surface area contributed by atoms with Gasteiger partial charge in [-0.1, -0.05) is 41.2 Å². The number of ether oxygens (including phenoxy) is 2. The molecule has 1 amide bonds. The summed E-state index contributed by atoms with van der Waals surface area (Å²) in [7, 11) is 1.35. The molecule has 0 fully saturated rings. The summed E-state index contributed by atoms with van der Waals surface area (Å²) in [5.74, 6) is -0.257. The average molecular weight is 522 g/mol. The van der Waals surface area contributed by atoms with E-state index in [4.69, 9.17) is 9.26 Å². The highest BCUT2D eigenvalue weighted by Crippen LogP contribution is 2.33. The first kappa shape index (κ1) is 25.9. The van der Waals surface area contributed by atoms with Crippen LogP contribution in [0.2, 0.25) is 0 Å². The van der Waals surface area contributed by atoms with Crippen LogP contribution in [-0.4, -0.2) is 35.9 Å². The third kappa shape index (κ3) is 6.95. The largest absolute Gasteiger partial charge is 0.469 e. The molecule has 0 saturated heterocycles. The minimum Gasteiger partial charge on any atom is -0.469 e. The predicted molar refractivity (Wildman–Crippen MR) is 136 cm³/mol. The van der Waals surface area contributed by atoms with Gasteiger partial charge in [0, 0.05) is 23.1 Å². The number of aryl methyl sites for hydroxylation is 1. The zero-order chi connectivity index (χ0) is 26.2. The van der Waals surface area contributed by atoms with Crippen LogP contribution in [0.4, 0.5) is 14.9 Å². The Kier molecular flexibility index (Phi) is 8.52. The molecule has 2 heterocycles. The smallest absolute Gasteiger partial charge is 0.411 e. The molecule has 8 nitrogen and oxygen atoms in total. The molecule has 0 bridgehead atoms. The predicted octanol–water partition coefficient (Wildman–Crippen LogP) is 5.84. The summed E-state index contributed by atoms with van der Waals surface area (Å²) in [5.41, 5.74) is 2.86. The van der Waals surface area contributed by atoms with Crippen molar-refractivity contribution in [2.75, 3.05) is 19.0 Å². The SMILES string of the molecule is COC(=O)Cc1ccc(Sc2ccc(-c3onc(C)c3NC(=O)OCCc3ccccc3F)cc2)nc1. The van der Waals surface area contributed by atoms with Gasteiger partial charge in [-0.05, 0) is 54.4 Å². The number of benzene rings is 2. The van der Waals surface area contributed by atoms with Crippen LogP contribution in [0.25, 0.3) is 11.3 Å². The summed E-state index contributed by atoms with van der Waals surface area (Å²) in [5, 5.41) is 7.42. The van der Waals surface area contributed by atoms with Crippen molar-refractivity contribution in [2.24, 2.45) is 0 Å². The highest BCUT2D eigenvalue weighted by Gasteiger charge is 2.18. The maximum Gasteiger partial charge on any atom is 0.411 e. The van der Waals surface area contributed by atoms with E-state index in [0.29, 0.717) is 28.3 Å². The van der Waals surface area contributed by atoms with Gasteiger partial charge in [0.15, 0.2) is 5.76 Å². The topological polar surface area (TPSA) is 104 Å². The molecule has 1 N–H and O–H groups in total. The van der Waals surface area contributed by atoms with E-state index in [1.807, 2.05) is 36.4 Å². The second-order valence-corrected chi connectivity index (χ2v) is 9.05. The van der Waals surface area contributed by atoms with Crippen LogP contribution >= 0.6 is 11.8 Å². The van der Waals surface area contributed by atoms with Gasteiger partial charge in [0.05, 0.1) is 20.1 Å².